The number of benzene rings is 1. The summed E-state index contributed by atoms with van der Waals surface area (Å²) in [7, 11) is -4.79. The smallest absolute Gasteiger partial charge is 0.745 e. The average molecular weight is 591 g/mol. The molecule has 1 unspecified atom stereocenters. The minimum Gasteiger partial charge on any atom is -0.745 e. The van der Waals surface area contributed by atoms with Crippen LogP contribution in [0.5, 0.6) is 0 Å². The van der Waals surface area contributed by atoms with Crippen molar-refractivity contribution in [3.05, 3.63) is 35.4 Å². The summed E-state index contributed by atoms with van der Waals surface area (Å²) in [6.45, 7) is 3.48. The maximum Gasteiger partial charge on any atom is 1.00 e. The zero-order valence-electron chi connectivity index (χ0n) is 25.3. The van der Waals surface area contributed by atoms with E-state index in [1.807, 2.05) is 0 Å². The van der Waals surface area contributed by atoms with E-state index in [1.165, 1.54) is 121 Å². The summed E-state index contributed by atoms with van der Waals surface area (Å²) in [5.41, 5.74) is -2.00. The van der Waals surface area contributed by atoms with Gasteiger partial charge >= 0.3 is 41.5 Å². The van der Waals surface area contributed by atoms with Gasteiger partial charge in [-0.15, -0.1) is 0 Å². The van der Waals surface area contributed by atoms with Crippen molar-refractivity contribution in [1.82, 2.24) is 0 Å². The van der Waals surface area contributed by atoms with Crippen LogP contribution in [0.2, 0.25) is 0 Å². The zero-order chi connectivity index (χ0) is 28.8. The Morgan fingerprint density at radius 1 is 0.675 bits per heavy atom. The normalized spacial score (nSPS) is 12.0. The Morgan fingerprint density at radius 2 is 1.02 bits per heavy atom. The molecular formula is C31H51NaO7S. The van der Waals surface area contributed by atoms with Crippen LogP contribution in [0.4, 0.5) is 0 Å². The molecule has 0 heterocycles. The molecule has 0 saturated heterocycles. The standard InChI is InChI=1S/C31H52O7S.Na/c1-3-4-5-6-7-8-9-10-11-12-13-14-15-16-17-18-19-20-23-26-37-30(32)28-24-21-22-25-29(28)31(33)38-27(2)39(34,35)36;/h21-22,24-25,27H,3-20,23,26H2,1-2H3,(H,34,35,36);/q;+1/p-1. The van der Waals surface area contributed by atoms with Crippen LogP contribution < -0.4 is 29.6 Å². The monoisotopic (exact) mass is 590 g/mol. The first kappa shape index (κ1) is 39.1. The number of esters is 2. The number of hydrogen-bond donors (Lipinski definition) is 0. The first-order valence-electron chi connectivity index (χ1n) is 15.2. The number of carbonyl (C=O) groups is 2. The van der Waals surface area contributed by atoms with Crippen LogP contribution in [0.3, 0.4) is 0 Å². The Morgan fingerprint density at radius 3 is 1.40 bits per heavy atom. The largest absolute Gasteiger partial charge is 1.00 e. The molecular weight excluding hydrogens is 539 g/mol. The first-order chi connectivity index (χ1) is 18.8. The maximum atomic E-state index is 12.4. The molecule has 0 fully saturated rings. The van der Waals surface area contributed by atoms with Gasteiger partial charge in [0, 0.05) is 0 Å². The third-order valence-corrected chi connectivity index (χ3v) is 7.94. The van der Waals surface area contributed by atoms with Gasteiger partial charge in [0.1, 0.15) is 10.1 Å². The van der Waals surface area contributed by atoms with Crippen LogP contribution in [0.1, 0.15) is 157 Å². The van der Waals surface area contributed by atoms with Gasteiger partial charge in [-0.05, 0) is 25.5 Å². The van der Waals surface area contributed by atoms with Crippen LogP contribution in [0.25, 0.3) is 0 Å². The molecule has 1 aromatic carbocycles. The van der Waals surface area contributed by atoms with E-state index in [0.29, 0.717) is 0 Å². The fraction of sp³-hybridized carbons (Fsp3) is 0.742. The molecule has 0 amide bonds. The van der Waals surface area contributed by atoms with Crippen molar-refractivity contribution in [2.75, 3.05) is 6.61 Å². The van der Waals surface area contributed by atoms with Crippen molar-refractivity contribution >= 4 is 22.1 Å². The molecule has 0 aliphatic rings. The predicted octanol–water partition coefficient (Wildman–Crippen LogP) is 5.33. The summed E-state index contributed by atoms with van der Waals surface area (Å²) in [5, 5.41) is 0. The van der Waals surface area contributed by atoms with E-state index in [4.69, 9.17) is 9.47 Å². The van der Waals surface area contributed by atoms with Gasteiger partial charge in [0.05, 0.1) is 17.7 Å². The summed E-state index contributed by atoms with van der Waals surface area (Å²) in [4.78, 5) is 24.7. The quantitative estimate of drug-likeness (QED) is 0.0693. The van der Waals surface area contributed by atoms with Crippen molar-refractivity contribution in [2.24, 2.45) is 0 Å². The fourth-order valence-corrected chi connectivity index (χ4v) is 4.74. The average Bonchev–Trinajstić information content (AvgIpc) is 2.91. The topological polar surface area (TPSA) is 110 Å². The molecule has 0 aromatic heterocycles. The predicted molar refractivity (Wildman–Crippen MR) is 155 cm³/mol. The Hall–Kier alpha value is -0.930. The molecule has 224 valence electrons. The van der Waals surface area contributed by atoms with Crippen molar-refractivity contribution < 1.29 is 61.6 Å². The molecule has 1 atom stereocenters. The van der Waals surface area contributed by atoms with Crippen molar-refractivity contribution in [3.8, 4) is 0 Å². The van der Waals surface area contributed by atoms with Gasteiger partial charge in [-0.2, -0.15) is 0 Å². The second kappa shape index (κ2) is 24.6. The third kappa shape index (κ3) is 19.2. The zero-order valence-corrected chi connectivity index (χ0v) is 28.1. The van der Waals surface area contributed by atoms with E-state index in [2.05, 4.69) is 6.92 Å². The number of carbonyl (C=O) groups excluding carboxylic acids is 2. The van der Waals surface area contributed by atoms with Crippen molar-refractivity contribution in [2.45, 2.75) is 141 Å². The summed E-state index contributed by atoms with van der Waals surface area (Å²) in [6, 6.07) is 5.83. The van der Waals surface area contributed by atoms with Gasteiger partial charge in [0.15, 0.2) is 5.44 Å². The van der Waals surface area contributed by atoms with Gasteiger partial charge in [0.25, 0.3) is 0 Å². The molecule has 0 bridgehead atoms. The third-order valence-electron chi connectivity index (χ3n) is 7.03. The van der Waals surface area contributed by atoms with Crippen LogP contribution in [-0.2, 0) is 19.6 Å². The molecule has 40 heavy (non-hydrogen) atoms. The number of rotatable bonds is 24. The summed E-state index contributed by atoms with van der Waals surface area (Å²) >= 11 is 0. The molecule has 7 nitrogen and oxygen atoms in total. The molecule has 0 aliphatic carbocycles. The van der Waals surface area contributed by atoms with E-state index >= 15 is 0 Å². The maximum absolute atomic E-state index is 12.4. The van der Waals surface area contributed by atoms with E-state index in [9.17, 15) is 22.6 Å². The molecule has 0 N–H and O–H groups in total. The van der Waals surface area contributed by atoms with Crippen LogP contribution in [0, 0.1) is 0 Å². The van der Waals surface area contributed by atoms with Gasteiger partial charge in [0.2, 0.25) is 0 Å². The SMILES string of the molecule is CCCCCCCCCCCCCCCCCCCCCOC(=O)c1ccccc1C(=O)OC(C)S(=O)(=O)[O-].[Na+]. The van der Waals surface area contributed by atoms with Crippen molar-refractivity contribution in [1.29, 1.82) is 0 Å². The Balaban J connectivity index is 0.0000152. The van der Waals surface area contributed by atoms with Crippen LogP contribution >= 0.6 is 0 Å². The molecule has 1 rings (SSSR count). The Kier molecular flexibility index (Phi) is 24.1. The second-order valence-electron chi connectivity index (χ2n) is 10.5. The molecule has 0 spiro atoms. The van der Waals surface area contributed by atoms with E-state index in [0.717, 1.165) is 26.2 Å². The van der Waals surface area contributed by atoms with E-state index in [1.54, 1.807) is 6.07 Å². The second-order valence-corrected chi connectivity index (χ2v) is 12.2. The summed E-state index contributed by atoms with van der Waals surface area (Å²) in [5.74, 6) is -1.74. The minimum absolute atomic E-state index is 0. The Bertz CT molecular complexity index is 905. The van der Waals surface area contributed by atoms with Gasteiger partial charge in [-0.1, -0.05) is 135 Å². The van der Waals surface area contributed by atoms with E-state index < -0.39 is 27.5 Å². The van der Waals surface area contributed by atoms with Crippen molar-refractivity contribution in [3.63, 3.8) is 0 Å². The van der Waals surface area contributed by atoms with Gasteiger partial charge in [-0.3, -0.25) is 0 Å². The molecule has 1 aromatic rings. The number of unbranched alkanes of at least 4 members (excludes halogenated alkanes) is 18. The fourth-order valence-electron chi connectivity index (χ4n) is 4.54. The Labute approximate surface area is 265 Å². The molecule has 0 aliphatic heterocycles. The number of hydrogen-bond acceptors (Lipinski definition) is 7. The van der Waals surface area contributed by atoms with Crippen LogP contribution in [0.15, 0.2) is 24.3 Å². The molecule has 9 heteroatoms. The summed E-state index contributed by atoms with van der Waals surface area (Å²) in [6.07, 6.45) is 24.5. The molecule has 0 saturated carbocycles. The first-order valence-corrected chi connectivity index (χ1v) is 16.7. The number of ether oxygens (including phenoxy) is 2. The minimum atomic E-state index is -4.79. The molecule has 0 radical (unpaired) electrons. The van der Waals surface area contributed by atoms with E-state index in [-0.39, 0.29) is 47.3 Å². The summed E-state index contributed by atoms with van der Waals surface area (Å²) < 4.78 is 43.0. The van der Waals surface area contributed by atoms with Crippen LogP contribution in [-0.4, -0.2) is 37.0 Å². The van der Waals surface area contributed by atoms with Gasteiger partial charge in [-0.25, -0.2) is 18.0 Å². The van der Waals surface area contributed by atoms with Gasteiger partial charge < -0.3 is 14.0 Å².